The second-order valence-electron chi connectivity index (χ2n) is 9.80. The molecule has 1 atom stereocenters. The summed E-state index contributed by atoms with van der Waals surface area (Å²) in [5.74, 6) is 4.39. The number of amides is 1. The van der Waals surface area contributed by atoms with Crippen LogP contribution >= 0.6 is 0 Å². The summed E-state index contributed by atoms with van der Waals surface area (Å²) in [6, 6.07) is 0.203. The Morgan fingerprint density at radius 2 is 1.64 bits per heavy atom. The van der Waals surface area contributed by atoms with Crippen molar-refractivity contribution in [1.29, 1.82) is 0 Å². The third kappa shape index (κ3) is 3.05. The van der Waals surface area contributed by atoms with Crippen LogP contribution in [0.2, 0.25) is 0 Å². The lowest BCUT2D eigenvalue weighted by atomic mass is 9.54. The molecule has 6 aliphatic rings. The van der Waals surface area contributed by atoms with E-state index in [-0.39, 0.29) is 17.7 Å². The van der Waals surface area contributed by atoms with E-state index in [9.17, 15) is 9.59 Å². The predicted molar refractivity (Wildman–Crippen MR) is 95.9 cm³/mol. The summed E-state index contributed by atoms with van der Waals surface area (Å²) in [5, 5.41) is 3.45. The molecule has 1 aliphatic heterocycles. The van der Waals surface area contributed by atoms with Gasteiger partial charge in [-0.3, -0.25) is 14.5 Å². The van der Waals surface area contributed by atoms with E-state index in [0.29, 0.717) is 36.8 Å². The maximum atomic E-state index is 13.1. The highest BCUT2D eigenvalue weighted by Crippen LogP contribution is 2.53. The molecule has 0 aromatic carbocycles. The van der Waals surface area contributed by atoms with Crippen LogP contribution in [-0.2, 0) is 9.59 Å². The molecule has 0 aromatic heterocycles. The van der Waals surface area contributed by atoms with Crippen molar-refractivity contribution in [3.63, 3.8) is 0 Å². The van der Waals surface area contributed by atoms with Crippen LogP contribution in [-0.4, -0.2) is 41.8 Å². The molecule has 4 nitrogen and oxygen atoms in total. The molecule has 6 rings (SSSR count). The average molecular weight is 344 g/mol. The number of carbonyl (C=O) groups is 2. The highest BCUT2D eigenvalue weighted by atomic mass is 16.2. The Balaban J connectivity index is 1.24. The van der Waals surface area contributed by atoms with Crippen molar-refractivity contribution >= 4 is 11.7 Å². The number of likely N-dealkylation sites (tertiary alicyclic amines) is 1. The minimum absolute atomic E-state index is 0.154. The van der Waals surface area contributed by atoms with Gasteiger partial charge >= 0.3 is 0 Å². The summed E-state index contributed by atoms with van der Waals surface area (Å²) in [6.07, 6.45) is 12.4. The van der Waals surface area contributed by atoms with Crippen molar-refractivity contribution in [3.8, 4) is 0 Å². The number of rotatable bonds is 4. The first kappa shape index (κ1) is 16.3. The van der Waals surface area contributed by atoms with Crippen LogP contribution in [0.25, 0.3) is 0 Å². The molecule has 1 N–H and O–H groups in total. The van der Waals surface area contributed by atoms with Crippen molar-refractivity contribution in [2.75, 3.05) is 13.1 Å². The zero-order valence-corrected chi connectivity index (χ0v) is 15.3. The molecule has 0 unspecified atom stereocenters. The summed E-state index contributed by atoms with van der Waals surface area (Å²) >= 11 is 0. The van der Waals surface area contributed by atoms with Crippen LogP contribution in [0.15, 0.2) is 0 Å². The first-order chi connectivity index (χ1) is 12.2. The molecule has 1 saturated heterocycles. The summed E-state index contributed by atoms with van der Waals surface area (Å²) in [4.78, 5) is 27.3. The Hall–Kier alpha value is -0.900. The number of ketones is 1. The number of nitrogens with zero attached hydrogens (tertiary/aromatic N) is 1. The topological polar surface area (TPSA) is 49.4 Å². The monoisotopic (exact) mass is 344 g/mol. The standard InChI is InChI=1S/C21H32N2O2/c24-18-10-19(23(12-18)11-13-3-1-2-4-13)21(25)22-20-16-6-14-5-15(8-16)9-17(20)7-14/h13-17,19-20H,1-12H2,(H,22,25)/t14?,15?,16?,17?,19-,20?/m0/s1. The SMILES string of the molecule is O=C1C[C@@H](C(=O)NC2C3CC4CC(C3)CC2C4)N(CC2CCCC2)C1. The number of carbonyl (C=O) groups excluding carboxylic acids is 2. The van der Waals surface area contributed by atoms with Gasteiger partial charge in [0.15, 0.2) is 0 Å². The molecule has 1 amide bonds. The molecule has 1 heterocycles. The average Bonchev–Trinajstić information content (AvgIpc) is 3.20. The lowest BCUT2D eigenvalue weighted by molar-refractivity contribution is -0.130. The third-order valence-electron chi connectivity index (χ3n) is 8.05. The Kier molecular flexibility index (Phi) is 4.15. The summed E-state index contributed by atoms with van der Waals surface area (Å²) in [6.45, 7) is 1.45. The van der Waals surface area contributed by atoms with E-state index in [1.807, 2.05) is 0 Å². The van der Waals surface area contributed by atoms with Gasteiger partial charge < -0.3 is 5.32 Å². The summed E-state index contributed by atoms with van der Waals surface area (Å²) < 4.78 is 0. The molecular weight excluding hydrogens is 312 g/mol. The van der Waals surface area contributed by atoms with Gasteiger partial charge in [0.1, 0.15) is 5.78 Å². The van der Waals surface area contributed by atoms with Crippen LogP contribution in [0.3, 0.4) is 0 Å². The molecule has 0 aromatic rings. The largest absolute Gasteiger partial charge is 0.351 e. The van der Waals surface area contributed by atoms with Crippen molar-refractivity contribution in [2.45, 2.75) is 76.3 Å². The van der Waals surface area contributed by atoms with E-state index in [1.165, 1.54) is 57.8 Å². The number of Topliss-reactive ketones (excluding diaryl/α,β-unsaturated/α-hetero) is 1. The van der Waals surface area contributed by atoms with Gasteiger partial charge in [0, 0.05) is 19.0 Å². The van der Waals surface area contributed by atoms with Crippen molar-refractivity contribution in [1.82, 2.24) is 10.2 Å². The smallest absolute Gasteiger partial charge is 0.238 e. The Labute approximate surface area is 151 Å². The molecule has 6 fully saturated rings. The molecule has 138 valence electrons. The predicted octanol–water partition coefficient (Wildman–Crippen LogP) is 2.76. The van der Waals surface area contributed by atoms with Crippen LogP contribution in [0, 0.1) is 29.6 Å². The molecule has 4 bridgehead atoms. The quantitative estimate of drug-likeness (QED) is 0.853. The van der Waals surface area contributed by atoms with Crippen molar-refractivity contribution < 1.29 is 9.59 Å². The molecule has 0 spiro atoms. The van der Waals surface area contributed by atoms with Crippen molar-refractivity contribution in [3.05, 3.63) is 0 Å². The molecule has 4 heteroatoms. The van der Waals surface area contributed by atoms with Crippen LogP contribution in [0.4, 0.5) is 0 Å². The Bertz CT molecular complexity index is 526. The first-order valence-electron chi connectivity index (χ1n) is 10.7. The highest BCUT2D eigenvalue weighted by Gasteiger charge is 2.49. The van der Waals surface area contributed by atoms with Crippen molar-refractivity contribution in [2.24, 2.45) is 29.6 Å². The second kappa shape index (κ2) is 6.37. The highest BCUT2D eigenvalue weighted by molar-refractivity contribution is 5.93. The number of hydrogen-bond donors (Lipinski definition) is 1. The zero-order chi connectivity index (χ0) is 17.0. The van der Waals surface area contributed by atoms with Gasteiger partial charge in [0.05, 0.1) is 12.6 Å². The fraction of sp³-hybridized carbons (Fsp3) is 0.905. The van der Waals surface area contributed by atoms with Crippen LogP contribution in [0.1, 0.15) is 64.2 Å². The van der Waals surface area contributed by atoms with Gasteiger partial charge in [-0.25, -0.2) is 0 Å². The van der Waals surface area contributed by atoms with E-state index in [4.69, 9.17) is 0 Å². The van der Waals surface area contributed by atoms with Crippen LogP contribution < -0.4 is 5.32 Å². The van der Waals surface area contributed by atoms with Gasteiger partial charge in [-0.2, -0.15) is 0 Å². The maximum Gasteiger partial charge on any atom is 0.238 e. The number of hydrogen-bond acceptors (Lipinski definition) is 3. The first-order valence-corrected chi connectivity index (χ1v) is 10.7. The van der Waals surface area contributed by atoms with Gasteiger partial charge in [-0.1, -0.05) is 12.8 Å². The Morgan fingerprint density at radius 3 is 2.28 bits per heavy atom. The zero-order valence-electron chi connectivity index (χ0n) is 15.3. The fourth-order valence-corrected chi connectivity index (χ4v) is 7.14. The van der Waals surface area contributed by atoms with E-state index in [2.05, 4.69) is 10.2 Å². The fourth-order valence-electron chi connectivity index (χ4n) is 7.14. The van der Waals surface area contributed by atoms with Gasteiger partial charge in [-0.05, 0) is 74.5 Å². The third-order valence-corrected chi connectivity index (χ3v) is 8.05. The van der Waals surface area contributed by atoms with Crippen LogP contribution in [0.5, 0.6) is 0 Å². The van der Waals surface area contributed by atoms with Gasteiger partial charge in [0.2, 0.25) is 5.91 Å². The van der Waals surface area contributed by atoms with Gasteiger partial charge in [-0.15, -0.1) is 0 Å². The minimum Gasteiger partial charge on any atom is -0.351 e. The second-order valence-corrected chi connectivity index (χ2v) is 9.80. The Morgan fingerprint density at radius 1 is 1.00 bits per heavy atom. The maximum absolute atomic E-state index is 13.1. The lowest BCUT2D eigenvalue weighted by Crippen LogP contribution is -2.58. The molecule has 0 radical (unpaired) electrons. The molecule has 5 aliphatic carbocycles. The minimum atomic E-state index is -0.190. The normalized spacial score (nSPS) is 43.9. The summed E-state index contributed by atoms with van der Waals surface area (Å²) in [5.41, 5.74) is 0. The van der Waals surface area contributed by atoms with E-state index >= 15 is 0 Å². The van der Waals surface area contributed by atoms with E-state index in [1.54, 1.807) is 0 Å². The van der Waals surface area contributed by atoms with E-state index in [0.717, 1.165) is 18.4 Å². The molecule has 5 saturated carbocycles. The van der Waals surface area contributed by atoms with E-state index < -0.39 is 0 Å². The van der Waals surface area contributed by atoms with Gasteiger partial charge in [0.25, 0.3) is 0 Å². The summed E-state index contributed by atoms with van der Waals surface area (Å²) in [7, 11) is 0. The molecular formula is C21H32N2O2. The number of nitrogens with one attached hydrogen (secondary N) is 1. The lowest BCUT2D eigenvalue weighted by Gasteiger charge is -2.54. The molecule has 25 heavy (non-hydrogen) atoms.